The van der Waals surface area contributed by atoms with Crippen LogP contribution in [-0.2, 0) is 0 Å². The maximum absolute atomic E-state index is 3.63. The minimum absolute atomic E-state index is 0.728. The van der Waals surface area contributed by atoms with Crippen molar-refractivity contribution in [2.45, 2.75) is 32.6 Å². The van der Waals surface area contributed by atoms with E-state index < -0.39 is 0 Å². The van der Waals surface area contributed by atoms with Gasteiger partial charge in [0.1, 0.15) is 0 Å². The second-order valence-corrected chi connectivity index (χ2v) is 4.91. The minimum Gasteiger partial charge on any atom is -0.316 e. The molecule has 76 valence electrons. The molecule has 0 spiro atoms. The Morgan fingerprint density at radius 1 is 1.38 bits per heavy atom. The summed E-state index contributed by atoms with van der Waals surface area (Å²) >= 11 is 0. The molecule has 0 atom stereocenters. The lowest BCUT2D eigenvalue weighted by atomic mass is 9.99. The van der Waals surface area contributed by atoms with Crippen LogP contribution >= 0.6 is 0 Å². The van der Waals surface area contributed by atoms with Gasteiger partial charge in [0.05, 0.1) is 0 Å². The summed E-state index contributed by atoms with van der Waals surface area (Å²) in [5.41, 5.74) is 0.728. The van der Waals surface area contributed by atoms with Gasteiger partial charge in [-0.2, -0.15) is 0 Å². The molecule has 2 nitrogen and oxygen atoms in total. The van der Waals surface area contributed by atoms with Gasteiger partial charge in [-0.1, -0.05) is 13.3 Å². The molecular formula is C11H22N2. The van der Waals surface area contributed by atoms with Gasteiger partial charge in [0.2, 0.25) is 0 Å². The van der Waals surface area contributed by atoms with E-state index in [1.165, 1.54) is 51.9 Å². The third-order valence-corrected chi connectivity index (χ3v) is 3.54. The zero-order valence-electron chi connectivity index (χ0n) is 8.73. The SMILES string of the molecule is CCCC1(CNCC2CNC2)CC1. The molecule has 2 fully saturated rings. The van der Waals surface area contributed by atoms with Crippen LogP contribution in [0, 0.1) is 11.3 Å². The van der Waals surface area contributed by atoms with E-state index in [4.69, 9.17) is 0 Å². The smallest absolute Gasteiger partial charge is 0.000794 e. The molecule has 1 aliphatic heterocycles. The highest BCUT2D eigenvalue weighted by Gasteiger charge is 2.40. The predicted molar refractivity (Wildman–Crippen MR) is 55.8 cm³/mol. The van der Waals surface area contributed by atoms with E-state index in [9.17, 15) is 0 Å². The molecule has 0 unspecified atom stereocenters. The molecule has 13 heavy (non-hydrogen) atoms. The monoisotopic (exact) mass is 182 g/mol. The van der Waals surface area contributed by atoms with E-state index in [1.54, 1.807) is 0 Å². The summed E-state index contributed by atoms with van der Waals surface area (Å²) in [6.07, 6.45) is 5.73. The Kier molecular flexibility index (Phi) is 2.89. The first kappa shape index (κ1) is 9.47. The maximum atomic E-state index is 3.63. The first-order chi connectivity index (χ1) is 6.35. The van der Waals surface area contributed by atoms with Gasteiger partial charge in [0.25, 0.3) is 0 Å². The Balaban J connectivity index is 1.56. The van der Waals surface area contributed by atoms with Crippen molar-refractivity contribution in [3.63, 3.8) is 0 Å². The Hall–Kier alpha value is -0.0800. The zero-order valence-corrected chi connectivity index (χ0v) is 8.73. The molecule has 2 aliphatic rings. The topological polar surface area (TPSA) is 24.1 Å². The highest BCUT2D eigenvalue weighted by Crippen LogP contribution is 2.48. The van der Waals surface area contributed by atoms with Crippen LogP contribution in [0.1, 0.15) is 32.6 Å². The van der Waals surface area contributed by atoms with Gasteiger partial charge < -0.3 is 10.6 Å². The summed E-state index contributed by atoms with van der Waals surface area (Å²) in [5.74, 6) is 0.914. The average Bonchev–Trinajstić information content (AvgIpc) is 2.77. The van der Waals surface area contributed by atoms with Crippen molar-refractivity contribution in [3.05, 3.63) is 0 Å². The van der Waals surface area contributed by atoms with Crippen LogP contribution in [0.3, 0.4) is 0 Å². The molecule has 1 aliphatic carbocycles. The van der Waals surface area contributed by atoms with Crippen LogP contribution in [0.4, 0.5) is 0 Å². The van der Waals surface area contributed by atoms with E-state index in [0.717, 1.165) is 11.3 Å². The van der Waals surface area contributed by atoms with Crippen LogP contribution in [0.5, 0.6) is 0 Å². The third kappa shape index (κ3) is 2.44. The van der Waals surface area contributed by atoms with E-state index in [2.05, 4.69) is 17.6 Å². The molecule has 0 aromatic rings. The summed E-state index contributed by atoms with van der Waals surface area (Å²) in [7, 11) is 0. The Labute approximate surface area is 81.5 Å². The highest BCUT2D eigenvalue weighted by molar-refractivity contribution is 4.94. The van der Waals surface area contributed by atoms with Crippen molar-refractivity contribution in [1.82, 2.24) is 10.6 Å². The van der Waals surface area contributed by atoms with Crippen LogP contribution in [-0.4, -0.2) is 26.2 Å². The fourth-order valence-electron chi connectivity index (χ4n) is 2.26. The van der Waals surface area contributed by atoms with E-state index in [-0.39, 0.29) is 0 Å². The quantitative estimate of drug-likeness (QED) is 0.648. The summed E-state index contributed by atoms with van der Waals surface area (Å²) in [6, 6.07) is 0. The zero-order chi connectivity index (χ0) is 9.15. The van der Waals surface area contributed by atoms with Gasteiger partial charge in [-0.15, -0.1) is 0 Å². The average molecular weight is 182 g/mol. The molecule has 0 amide bonds. The summed E-state index contributed by atoms with van der Waals surface area (Å²) in [4.78, 5) is 0. The van der Waals surface area contributed by atoms with Crippen LogP contribution in [0.15, 0.2) is 0 Å². The fraction of sp³-hybridized carbons (Fsp3) is 1.00. The Morgan fingerprint density at radius 2 is 2.15 bits per heavy atom. The van der Waals surface area contributed by atoms with Gasteiger partial charge >= 0.3 is 0 Å². The van der Waals surface area contributed by atoms with Gasteiger partial charge in [0.15, 0.2) is 0 Å². The van der Waals surface area contributed by atoms with Gasteiger partial charge in [-0.3, -0.25) is 0 Å². The lowest BCUT2D eigenvalue weighted by molar-refractivity contribution is 0.313. The number of hydrogen-bond acceptors (Lipinski definition) is 2. The molecular weight excluding hydrogens is 160 g/mol. The Morgan fingerprint density at radius 3 is 2.62 bits per heavy atom. The molecule has 0 aromatic carbocycles. The van der Waals surface area contributed by atoms with E-state index in [0.29, 0.717) is 0 Å². The van der Waals surface area contributed by atoms with Crippen molar-refractivity contribution in [2.75, 3.05) is 26.2 Å². The predicted octanol–water partition coefficient (Wildman–Crippen LogP) is 1.38. The van der Waals surface area contributed by atoms with Gasteiger partial charge in [-0.25, -0.2) is 0 Å². The van der Waals surface area contributed by atoms with Crippen LogP contribution in [0.2, 0.25) is 0 Å². The summed E-state index contributed by atoms with van der Waals surface area (Å²) in [6.45, 7) is 7.27. The van der Waals surface area contributed by atoms with Crippen molar-refractivity contribution >= 4 is 0 Å². The highest BCUT2D eigenvalue weighted by atomic mass is 15.0. The van der Waals surface area contributed by atoms with E-state index >= 15 is 0 Å². The number of hydrogen-bond donors (Lipinski definition) is 2. The largest absolute Gasteiger partial charge is 0.316 e. The van der Waals surface area contributed by atoms with Crippen molar-refractivity contribution in [3.8, 4) is 0 Å². The molecule has 1 heterocycles. The third-order valence-electron chi connectivity index (χ3n) is 3.54. The number of rotatable bonds is 6. The minimum atomic E-state index is 0.728. The Bertz CT molecular complexity index is 159. The van der Waals surface area contributed by atoms with Crippen LogP contribution in [0.25, 0.3) is 0 Å². The standard InChI is InChI=1S/C11H22N2/c1-2-3-11(4-5-11)9-13-8-10-6-12-7-10/h10,12-13H,2-9H2,1H3. The molecule has 2 rings (SSSR count). The lowest BCUT2D eigenvalue weighted by Crippen LogP contribution is -2.47. The summed E-state index contributed by atoms with van der Waals surface area (Å²) < 4.78 is 0. The molecule has 1 saturated carbocycles. The summed E-state index contributed by atoms with van der Waals surface area (Å²) in [5, 5.41) is 6.94. The lowest BCUT2D eigenvalue weighted by Gasteiger charge is -2.28. The normalized spacial score (nSPS) is 25.6. The van der Waals surface area contributed by atoms with Crippen LogP contribution < -0.4 is 10.6 Å². The second-order valence-electron chi connectivity index (χ2n) is 4.91. The first-order valence-electron chi connectivity index (χ1n) is 5.76. The van der Waals surface area contributed by atoms with Crippen molar-refractivity contribution < 1.29 is 0 Å². The van der Waals surface area contributed by atoms with Crippen molar-refractivity contribution in [1.29, 1.82) is 0 Å². The van der Waals surface area contributed by atoms with Gasteiger partial charge in [0, 0.05) is 26.2 Å². The molecule has 0 aromatic heterocycles. The molecule has 0 bridgehead atoms. The molecule has 1 saturated heterocycles. The molecule has 2 N–H and O–H groups in total. The van der Waals surface area contributed by atoms with Crippen molar-refractivity contribution in [2.24, 2.45) is 11.3 Å². The first-order valence-corrected chi connectivity index (χ1v) is 5.76. The number of nitrogens with one attached hydrogen (secondary N) is 2. The van der Waals surface area contributed by atoms with E-state index in [1.807, 2.05) is 0 Å². The maximum Gasteiger partial charge on any atom is 0.000794 e. The molecule has 2 heteroatoms. The molecule has 0 radical (unpaired) electrons. The van der Waals surface area contributed by atoms with Gasteiger partial charge in [-0.05, 0) is 30.6 Å². The fourth-order valence-corrected chi connectivity index (χ4v) is 2.26. The second kappa shape index (κ2) is 3.97.